The molecule has 0 radical (unpaired) electrons. The Kier molecular flexibility index (Phi) is 4.15. The van der Waals surface area contributed by atoms with Gasteiger partial charge in [-0.05, 0) is 34.9 Å². The zero-order valence-electron chi connectivity index (χ0n) is 10.9. The fraction of sp³-hybridized carbons (Fsp3) is 0.400. The highest BCUT2D eigenvalue weighted by Crippen LogP contribution is 2.03. The lowest BCUT2D eigenvalue weighted by Crippen LogP contribution is -2.35. The van der Waals surface area contributed by atoms with Crippen LogP contribution in [0.5, 0.6) is 0 Å². The minimum absolute atomic E-state index is 0.0186. The van der Waals surface area contributed by atoms with Gasteiger partial charge in [-0.15, -0.1) is 0 Å². The highest BCUT2D eigenvalue weighted by molar-refractivity contribution is 5.72. The summed E-state index contributed by atoms with van der Waals surface area (Å²) in [6, 6.07) is 6.31. The number of hydrogen-bond acceptors (Lipinski definition) is 2. The van der Waals surface area contributed by atoms with Crippen molar-refractivity contribution < 1.29 is 9.53 Å². The van der Waals surface area contributed by atoms with Crippen LogP contribution in [0.15, 0.2) is 18.2 Å². The maximum atomic E-state index is 10.9. The van der Waals surface area contributed by atoms with Crippen molar-refractivity contribution in [2.75, 3.05) is 13.7 Å². The zero-order chi connectivity index (χ0) is 13.0. The molecule has 1 amide bonds. The summed E-state index contributed by atoms with van der Waals surface area (Å²) in [5.74, 6) is 0.0186. The Hall–Kier alpha value is -1.61. The van der Waals surface area contributed by atoms with Crippen LogP contribution in [0, 0.1) is 0 Å². The molecule has 1 N–H and O–H groups in total. The first-order valence-corrected chi connectivity index (χ1v) is 6.28. The Balaban J connectivity index is 2.25. The lowest BCUT2D eigenvalue weighted by molar-refractivity contribution is -0.118. The Morgan fingerprint density at radius 1 is 1.50 bits per heavy atom. The van der Waals surface area contributed by atoms with Gasteiger partial charge in [0.2, 0.25) is 5.91 Å². The van der Waals surface area contributed by atoms with Crippen molar-refractivity contribution in [2.24, 2.45) is 0 Å². The molecule has 1 aromatic rings. The summed E-state index contributed by atoms with van der Waals surface area (Å²) < 4.78 is 5.39. The molecule has 0 heterocycles. The second-order valence-corrected chi connectivity index (χ2v) is 4.53. The maximum Gasteiger partial charge on any atom is 0.216 e. The van der Waals surface area contributed by atoms with E-state index in [-0.39, 0.29) is 12.0 Å². The highest BCUT2D eigenvalue weighted by Gasteiger charge is 2.07. The van der Waals surface area contributed by atoms with E-state index in [0.29, 0.717) is 6.54 Å². The molecule has 0 fully saturated rings. The molecule has 2 rings (SSSR count). The van der Waals surface area contributed by atoms with Crippen LogP contribution in [-0.2, 0) is 16.0 Å². The summed E-state index contributed by atoms with van der Waals surface area (Å²) in [4.78, 5) is 10.9. The van der Waals surface area contributed by atoms with Gasteiger partial charge in [0.25, 0.3) is 0 Å². The average molecular weight is 245 g/mol. The van der Waals surface area contributed by atoms with Gasteiger partial charge in [-0.3, -0.25) is 4.79 Å². The molecule has 1 aliphatic carbocycles. The number of fused-ring (bicyclic) bond motifs is 1. The van der Waals surface area contributed by atoms with Crippen molar-refractivity contribution in [1.82, 2.24) is 5.32 Å². The largest absolute Gasteiger partial charge is 0.377 e. The van der Waals surface area contributed by atoms with E-state index in [1.54, 1.807) is 14.0 Å². The second kappa shape index (κ2) is 5.83. The van der Waals surface area contributed by atoms with Crippen LogP contribution in [0.3, 0.4) is 0 Å². The van der Waals surface area contributed by atoms with Gasteiger partial charge in [-0.1, -0.05) is 24.3 Å². The molecule has 0 aromatic heterocycles. The molecule has 18 heavy (non-hydrogen) atoms. The highest BCUT2D eigenvalue weighted by atomic mass is 16.5. The third kappa shape index (κ3) is 2.99. The second-order valence-electron chi connectivity index (χ2n) is 4.53. The Labute approximate surface area is 107 Å². The van der Waals surface area contributed by atoms with Crippen molar-refractivity contribution in [3.05, 3.63) is 34.2 Å². The zero-order valence-corrected chi connectivity index (χ0v) is 10.9. The van der Waals surface area contributed by atoms with Gasteiger partial charge in [0.05, 0.1) is 6.10 Å². The number of rotatable bonds is 4. The van der Waals surface area contributed by atoms with Crippen LogP contribution in [0.1, 0.15) is 18.9 Å². The summed E-state index contributed by atoms with van der Waals surface area (Å²) in [6.07, 6.45) is 6.34. The molecule has 0 saturated carbocycles. The van der Waals surface area contributed by atoms with Crippen LogP contribution in [-0.4, -0.2) is 25.7 Å². The lowest BCUT2D eigenvalue weighted by Gasteiger charge is -2.14. The third-order valence-electron chi connectivity index (χ3n) is 3.22. The van der Waals surface area contributed by atoms with E-state index < -0.39 is 0 Å². The van der Waals surface area contributed by atoms with Crippen molar-refractivity contribution in [2.45, 2.75) is 25.9 Å². The number of nitrogens with one attached hydrogen (secondary N) is 1. The minimum Gasteiger partial charge on any atom is -0.377 e. The first-order chi connectivity index (χ1) is 8.70. The molecule has 1 atom stereocenters. The Bertz CT molecular complexity index is 548. The van der Waals surface area contributed by atoms with Gasteiger partial charge < -0.3 is 10.1 Å². The maximum absolute atomic E-state index is 10.9. The van der Waals surface area contributed by atoms with E-state index in [2.05, 4.69) is 35.7 Å². The topological polar surface area (TPSA) is 38.3 Å². The summed E-state index contributed by atoms with van der Waals surface area (Å²) in [6.45, 7) is 2.22. The van der Waals surface area contributed by atoms with Gasteiger partial charge in [0.15, 0.2) is 0 Å². The molecule has 0 spiro atoms. The number of amides is 1. The van der Waals surface area contributed by atoms with Gasteiger partial charge in [0, 0.05) is 20.6 Å². The Morgan fingerprint density at radius 2 is 2.33 bits per heavy atom. The standard InChI is InChI=1S/C15H19NO2/c1-11(17)16-9-8-13-5-3-4-12-6-7-14(18-2)10-15(12)13/h3-6,10,14H,7-9H2,1-2H3,(H,16,17). The van der Waals surface area contributed by atoms with Crippen molar-refractivity contribution in [1.29, 1.82) is 0 Å². The fourth-order valence-corrected chi connectivity index (χ4v) is 2.27. The van der Waals surface area contributed by atoms with Gasteiger partial charge in [-0.25, -0.2) is 0 Å². The number of carbonyl (C=O) groups excluding carboxylic acids is 1. The molecular weight excluding hydrogens is 226 g/mol. The van der Waals surface area contributed by atoms with Crippen LogP contribution in [0.4, 0.5) is 0 Å². The normalized spacial score (nSPS) is 17.3. The van der Waals surface area contributed by atoms with Crippen LogP contribution >= 0.6 is 0 Å². The minimum atomic E-state index is 0.0186. The van der Waals surface area contributed by atoms with Crippen LogP contribution in [0.25, 0.3) is 12.2 Å². The van der Waals surface area contributed by atoms with Gasteiger partial charge in [0.1, 0.15) is 0 Å². The molecule has 3 nitrogen and oxygen atoms in total. The third-order valence-corrected chi connectivity index (χ3v) is 3.22. The smallest absolute Gasteiger partial charge is 0.216 e. The molecule has 0 saturated heterocycles. The number of ether oxygens (including phenoxy) is 1. The first kappa shape index (κ1) is 12.8. The van der Waals surface area contributed by atoms with E-state index >= 15 is 0 Å². The monoisotopic (exact) mass is 245 g/mol. The lowest BCUT2D eigenvalue weighted by atomic mass is 10.00. The molecule has 0 bridgehead atoms. The molecule has 1 aromatic carbocycles. The number of benzene rings is 1. The van der Waals surface area contributed by atoms with Crippen molar-refractivity contribution >= 4 is 18.1 Å². The molecule has 3 heteroatoms. The van der Waals surface area contributed by atoms with E-state index in [1.807, 2.05) is 0 Å². The summed E-state index contributed by atoms with van der Waals surface area (Å²) in [5.41, 5.74) is 1.26. The van der Waals surface area contributed by atoms with E-state index in [9.17, 15) is 4.79 Å². The SMILES string of the molecule is COC1C=c2c(CCNC(C)=O)cccc2=CC1. The predicted molar refractivity (Wildman–Crippen MR) is 72.4 cm³/mol. The van der Waals surface area contributed by atoms with Crippen LogP contribution < -0.4 is 15.8 Å². The number of hydrogen-bond donors (Lipinski definition) is 1. The van der Waals surface area contributed by atoms with Gasteiger partial charge >= 0.3 is 0 Å². The molecule has 0 aliphatic heterocycles. The predicted octanol–water partition coefficient (Wildman–Crippen LogP) is 0.345. The van der Waals surface area contributed by atoms with E-state index in [1.165, 1.54) is 16.0 Å². The molecule has 1 unspecified atom stereocenters. The quantitative estimate of drug-likeness (QED) is 0.831. The first-order valence-electron chi connectivity index (χ1n) is 6.28. The van der Waals surface area contributed by atoms with Gasteiger partial charge in [-0.2, -0.15) is 0 Å². The van der Waals surface area contributed by atoms with E-state index in [0.717, 1.165) is 12.8 Å². The van der Waals surface area contributed by atoms with Crippen molar-refractivity contribution in [3.8, 4) is 0 Å². The summed E-state index contributed by atoms with van der Waals surface area (Å²) in [5, 5.41) is 5.35. The number of carbonyl (C=O) groups is 1. The molecule has 1 aliphatic rings. The summed E-state index contributed by atoms with van der Waals surface area (Å²) >= 11 is 0. The summed E-state index contributed by atoms with van der Waals surface area (Å²) in [7, 11) is 1.74. The van der Waals surface area contributed by atoms with Crippen LogP contribution in [0.2, 0.25) is 0 Å². The molecule has 96 valence electrons. The average Bonchev–Trinajstić information content (AvgIpc) is 2.38. The van der Waals surface area contributed by atoms with Crippen molar-refractivity contribution in [3.63, 3.8) is 0 Å². The Morgan fingerprint density at radius 3 is 3.06 bits per heavy atom. The van der Waals surface area contributed by atoms with E-state index in [4.69, 9.17) is 4.74 Å². The molecular formula is C15H19NO2. The fourth-order valence-electron chi connectivity index (χ4n) is 2.27. The number of methoxy groups -OCH3 is 1.